The summed E-state index contributed by atoms with van der Waals surface area (Å²) in [6.45, 7) is 3.39. The number of benzene rings is 2. The number of halogens is 4. The van der Waals surface area contributed by atoms with Crippen molar-refractivity contribution < 1.29 is 13.9 Å². The fourth-order valence-corrected chi connectivity index (χ4v) is 2.81. The van der Waals surface area contributed by atoms with Gasteiger partial charge in [-0.25, -0.2) is 4.39 Å². The Labute approximate surface area is 154 Å². The Bertz CT molecular complexity index is 755. The van der Waals surface area contributed by atoms with Crippen LogP contribution in [-0.2, 0) is 4.79 Å². The molecule has 0 bridgehead atoms. The third kappa shape index (κ3) is 4.76. The van der Waals surface area contributed by atoms with Crippen molar-refractivity contribution >= 4 is 40.7 Å². The van der Waals surface area contributed by atoms with Gasteiger partial charge in [0, 0.05) is 16.1 Å². The van der Waals surface area contributed by atoms with Crippen LogP contribution in [0.1, 0.15) is 25.5 Å². The lowest BCUT2D eigenvalue weighted by Crippen LogP contribution is -2.37. The number of ether oxygens (including phenoxy) is 1. The van der Waals surface area contributed by atoms with E-state index in [-0.39, 0.29) is 17.0 Å². The summed E-state index contributed by atoms with van der Waals surface area (Å²) in [6.07, 6.45) is -0.792. The van der Waals surface area contributed by atoms with Gasteiger partial charge in [0.2, 0.25) is 0 Å². The van der Waals surface area contributed by atoms with E-state index >= 15 is 0 Å². The molecule has 2 aromatic carbocycles. The minimum atomic E-state index is -0.792. The van der Waals surface area contributed by atoms with Crippen LogP contribution in [0.15, 0.2) is 36.4 Å². The van der Waals surface area contributed by atoms with Crippen LogP contribution in [0.25, 0.3) is 0 Å². The molecule has 7 heteroatoms. The average Bonchev–Trinajstić information content (AvgIpc) is 2.50. The molecule has 0 saturated heterocycles. The molecule has 0 fully saturated rings. The van der Waals surface area contributed by atoms with Crippen molar-refractivity contribution in [3.63, 3.8) is 0 Å². The molecular weight excluding hydrogens is 376 g/mol. The van der Waals surface area contributed by atoms with Crippen molar-refractivity contribution in [3.05, 3.63) is 62.8 Å². The van der Waals surface area contributed by atoms with Gasteiger partial charge in [-0.15, -0.1) is 0 Å². The quantitative estimate of drug-likeness (QED) is 0.739. The molecule has 2 aromatic rings. The van der Waals surface area contributed by atoms with Crippen LogP contribution in [0.2, 0.25) is 15.1 Å². The fraction of sp³-hybridized carbons (Fsp3) is 0.235. The molecule has 128 valence electrons. The standard InChI is InChI=1S/C17H15Cl3FNO2/c1-9(13-5-3-11(18)7-14(13)19)22-17(23)10(2)24-12-4-6-16(21)15(20)8-12/h3-10H,1-2H3,(H,22,23)/t9-,10-/m1/s1. The summed E-state index contributed by atoms with van der Waals surface area (Å²) in [7, 11) is 0. The smallest absolute Gasteiger partial charge is 0.261 e. The van der Waals surface area contributed by atoms with E-state index in [0.717, 1.165) is 5.56 Å². The highest BCUT2D eigenvalue weighted by atomic mass is 35.5. The van der Waals surface area contributed by atoms with Crippen molar-refractivity contribution in [1.29, 1.82) is 0 Å². The lowest BCUT2D eigenvalue weighted by atomic mass is 10.1. The summed E-state index contributed by atoms with van der Waals surface area (Å²) in [5.74, 6) is -0.581. The van der Waals surface area contributed by atoms with Gasteiger partial charge in [0.1, 0.15) is 11.6 Å². The Morgan fingerprint density at radius 1 is 1.08 bits per heavy atom. The number of amides is 1. The van der Waals surface area contributed by atoms with Crippen molar-refractivity contribution in [2.75, 3.05) is 0 Å². The predicted octanol–water partition coefficient (Wildman–Crippen LogP) is 5.43. The van der Waals surface area contributed by atoms with E-state index in [1.807, 2.05) is 0 Å². The lowest BCUT2D eigenvalue weighted by Gasteiger charge is -2.20. The Hall–Kier alpha value is -1.49. The molecule has 1 amide bonds. The van der Waals surface area contributed by atoms with Gasteiger partial charge in [-0.3, -0.25) is 4.79 Å². The van der Waals surface area contributed by atoms with Crippen molar-refractivity contribution in [3.8, 4) is 5.75 Å². The van der Waals surface area contributed by atoms with Crippen LogP contribution in [-0.4, -0.2) is 12.0 Å². The Morgan fingerprint density at radius 2 is 1.79 bits per heavy atom. The zero-order valence-corrected chi connectivity index (χ0v) is 15.2. The van der Waals surface area contributed by atoms with Crippen molar-refractivity contribution in [2.45, 2.75) is 26.0 Å². The highest BCUT2D eigenvalue weighted by molar-refractivity contribution is 6.35. The lowest BCUT2D eigenvalue weighted by molar-refractivity contribution is -0.127. The van der Waals surface area contributed by atoms with Crippen LogP contribution in [0, 0.1) is 5.82 Å². The maximum absolute atomic E-state index is 13.1. The monoisotopic (exact) mass is 389 g/mol. The first-order valence-corrected chi connectivity index (χ1v) is 8.28. The second kappa shape index (κ2) is 8.06. The van der Waals surface area contributed by atoms with Crippen molar-refractivity contribution in [1.82, 2.24) is 5.32 Å². The summed E-state index contributed by atoms with van der Waals surface area (Å²) in [4.78, 5) is 12.2. The summed E-state index contributed by atoms with van der Waals surface area (Å²) < 4.78 is 18.6. The Kier molecular flexibility index (Phi) is 6.33. The second-order valence-electron chi connectivity index (χ2n) is 5.23. The van der Waals surface area contributed by atoms with Gasteiger partial charge in [0.05, 0.1) is 11.1 Å². The fourth-order valence-electron chi connectivity index (χ4n) is 2.07. The van der Waals surface area contributed by atoms with Crippen LogP contribution in [0.4, 0.5) is 4.39 Å². The normalized spacial score (nSPS) is 13.2. The van der Waals surface area contributed by atoms with Gasteiger partial charge < -0.3 is 10.1 Å². The third-order valence-electron chi connectivity index (χ3n) is 3.36. The topological polar surface area (TPSA) is 38.3 Å². The minimum Gasteiger partial charge on any atom is -0.481 e. The zero-order chi connectivity index (χ0) is 17.9. The largest absolute Gasteiger partial charge is 0.481 e. The van der Waals surface area contributed by atoms with Gasteiger partial charge in [-0.1, -0.05) is 40.9 Å². The molecule has 0 aliphatic heterocycles. The van der Waals surface area contributed by atoms with E-state index in [4.69, 9.17) is 39.5 Å². The van der Waals surface area contributed by atoms with Crippen LogP contribution < -0.4 is 10.1 Å². The number of hydrogen-bond donors (Lipinski definition) is 1. The van der Waals surface area contributed by atoms with Gasteiger partial charge in [0.25, 0.3) is 5.91 Å². The maximum atomic E-state index is 13.1. The van der Waals surface area contributed by atoms with Gasteiger partial charge in [-0.05, 0) is 43.7 Å². The summed E-state index contributed by atoms with van der Waals surface area (Å²) in [5, 5.41) is 3.72. The molecule has 0 saturated carbocycles. The van der Waals surface area contributed by atoms with Crippen LogP contribution in [0.5, 0.6) is 5.75 Å². The summed E-state index contributed by atoms with van der Waals surface area (Å²) >= 11 is 17.7. The zero-order valence-electron chi connectivity index (χ0n) is 12.9. The van der Waals surface area contributed by atoms with E-state index in [1.54, 1.807) is 32.0 Å². The number of hydrogen-bond acceptors (Lipinski definition) is 2. The molecular formula is C17H15Cl3FNO2. The van der Waals surface area contributed by atoms with E-state index in [9.17, 15) is 9.18 Å². The molecule has 0 aliphatic rings. The number of carbonyl (C=O) groups is 1. The number of carbonyl (C=O) groups excluding carboxylic acids is 1. The second-order valence-corrected chi connectivity index (χ2v) is 6.48. The number of rotatable bonds is 5. The molecule has 0 spiro atoms. The van der Waals surface area contributed by atoms with E-state index in [0.29, 0.717) is 15.8 Å². The maximum Gasteiger partial charge on any atom is 0.261 e. The Morgan fingerprint density at radius 3 is 2.42 bits per heavy atom. The van der Waals surface area contributed by atoms with E-state index in [2.05, 4.69) is 5.32 Å². The highest BCUT2D eigenvalue weighted by Crippen LogP contribution is 2.26. The average molecular weight is 391 g/mol. The number of nitrogens with one attached hydrogen (secondary N) is 1. The van der Waals surface area contributed by atoms with Gasteiger partial charge >= 0.3 is 0 Å². The minimum absolute atomic E-state index is 0.0681. The summed E-state index contributed by atoms with van der Waals surface area (Å²) in [6, 6.07) is 8.64. The van der Waals surface area contributed by atoms with E-state index < -0.39 is 11.9 Å². The Balaban J connectivity index is 2.01. The van der Waals surface area contributed by atoms with Crippen LogP contribution in [0.3, 0.4) is 0 Å². The molecule has 0 heterocycles. The predicted molar refractivity (Wildman–Crippen MR) is 94.5 cm³/mol. The highest BCUT2D eigenvalue weighted by Gasteiger charge is 2.19. The molecule has 1 N–H and O–H groups in total. The van der Waals surface area contributed by atoms with Crippen LogP contribution >= 0.6 is 34.8 Å². The SMILES string of the molecule is C[C@@H](Oc1ccc(F)c(Cl)c1)C(=O)N[C@H](C)c1ccc(Cl)cc1Cl. The molecule has 2 rings (SSSR count). The van der Waals surface area contributed by atoms with Crippen molar-refractivity contribution in [2.24, 2.45) is 0 Å². The van der Waals surface area contributed by atoms with Gasteiger partial charge in [-0.2, -0.15) is 0 Å². The van der Waals surface area contributed by atoms with E-state index in [1.165, 1.54) is 18.2 Å². The molecule has 0 unspecified atom stereocenters. The first kappa shape index (κ1) is 18.8. The molecule has 0 aromatic heterocycles. The molecule has 0 radical (unpaired) electrons. The third-order valence-corrected chi connectivity index (χ3v) is 4.21. The first-order chi connectivity index (χ1) is 11.3. The molecule has 0 aliphatic carbocycles. The summed E-state index contributed by atoms with van der Waals surface area (Å²) in [5.41, 5.74) is 0.742. The molecule has 2 atom stereocenters. The van der Waals surface area contributed by atoms with Gasteiger partial charge in [0.15, 0.2) is 6.10 Å². The molecule has 3 nitrogen and oxygen atoms in total. The molecule has 24 heavy (non-hydrogen) atoms. The first-order valence-electron chi connectivity index (χ1n) is 7.15.